The summed E-state index contributed by atoms with van der Waals surface area (Å²) in [5.41, 5.74) is 0.631. The molecule has 2 N–H and O–H groups in total. The van der Waals surface area contributed by atoms with Crippen molar-refractivity contribution in [3.63, 3.8) is 0 Å². The van der Waals surface area contributed by atoms with Gasteiger partial charge in [0, 0.05) is 11.4 Å². The zero-order chi connectivity index (χ0) is 10.4. The first kappa shape index (κ1) is 9.51. The zero-order valence-corrected chi connectivity index (χ0v) is 9.02. The minimum atomic E-state index is -0.516. The number of nitrogens with zero attached hydrogens (tertiary/aromatic N) is 1. The number of hydrogen-bond acceptors (Lipinski definition) is 4. The topological polar surface area (TPSA) is 43.7 Å². The number of anilines is 1. The van der Waals surface area contributed by atoms with Gasteiger partial charge < -0.3 is 15.1 Å². The van der Waals surface area contributed by atoms with Crippen molar-refractivity contribution >= 4 is 17.4 Å². The van der Waals surface area contributed by atoms with Gasteiger partial charge in [-0.25, -0.2) is 0 Å². The molecule has 3 rings (SSSR count). The van der Waals surface area contributed by atoms with E-state index in [2.05, 4.69) is 11.0 Å². The summed E-state index contributed by atoms with van der Waals surface area (Å²) < 4.78 is 0. The average molecular weight is 223 g/mol. The molecule has 3 atom stereocenters. The third kappa shape index (κ3) is 1.36. The van der Waals surface area contributed by atoms with Crippen LogP contribution in [0.25, 0.3) is 0 Å². The Balaban J connectivity index is 2.06. The maximum Gasteiger partial charge on any atom is 0.127 e. The van der Waals surface area contributed by atoms with E-state index >= 15 is 0 Å². The molecular formula is C11H13NO2S. The summed E-state index contributed by atoms with van der Waals surface area (Å²) in [6.45, 7) is 0.834. The minimum Gasteiger partial charge on any atom is -0.391 e. The average Bonchev–Trinajstić information content (AvgIpc) is 2.62. The van der Waals surface area contributed by atoms with Gasteiger partial charge in [0.15, 0.2) is 0 Å². The molecule has 0 amide bonds. The highest BCUT2D eigenvalue weighted by atomic mass is 32.2. The fraction of sp³-hybridized carbons (Fsp3) is 0.455. The van der Waals surface area contributed by atoms with Gasteiger partial charge in [-0.05, 0) is 18.6 Å². The zero-order valence-electron chi connectivity index (χ0n) is 8.21. The van der Waals surface area contributed by atoms with Crippen molar-refractivity contribution in [2.45, 2.75) is 28.9 Å². The molecule has 1 aromatic rings. The molecule has 0 unspecified atom stereocenters. The van der Waals surface area contributed by atoms with Gasteiger partial charge >= 0.3 is 0 Å². The van der Waals surface area contributed by atoms with Crippen molar-refractivity contribution in [1.29, 1.82) is 0 Å². The third-order valence-electron chi connectivity index (χ3n) is 3.13. The molecule has 0 aliphatic carbocycles. The van der Waals surface area contributed by atoms with Gasteiger partial charge in [-0.15, -0.1) is 0 Å². The van der Waals surface area contributed by atoms with Crippen molar-refractivity contribution in [2.75, 3.05) is 11.4 Å². The number of aliphatic hydroxyl groups excluding tert-OH is 2. The number of aliphatic hydroxyl groups is 2. The summed E-state index contributed by atoms with van der Waals surface area (Å²) in [5, 5.41) is 19.8. The second-order valence-electron chi connectivity index (χ2n) is 4.02. The summed E-state index contributed by atoms with van der Waals surface area (Å²) in [4.78, 5) is 3.23. The first-order valence-corrected chi connectivity index (χ1v) is 6.04. The van der Waals surface area contributed by atoms with Gasteiger partial charge in [-0.3, -0.25) is 0 Å². The Morgan fingerprint density at radius 3 is 2.93 bits per heavy atom. The van der Waals surface area contributed by atoms with E-state index < -0.39 is 11.5 Å². The van der Waals surface area contributed by atoms with Crippen LogP contribution in [0.3, 0.4) is 0 Å². The van der Waals surface area contributed by atoms with Crippen molar-refractivity contribution < 1.29 is 10.2 Å². The fourth-order valence-electron chi connectivity index (χ4n) is 2.42. The van der Waals surface area contributed by atoms with Gasteiger partial charge in [0.05, 0.1) is 17.8 Å². The van der Waals surface area contributed by atoms with Crippen LogP contribution in [0, 0.1) is 0 Å². The lowest BCUT2D eigenvalue weighted by Gasteiger charge is -2.37. The van der Waals surface area contributed by atoms with E-state index in [4.69, 9.17) is 0 Å². The summed E-state index contributed by atoms with van der Waals surface area (Å²) in [5.74, 6) is 0. The summed E-state index contributed by atoms with van der Waals surface area (Å²) in [6.07, 6.45) is 0.345. The predicted molar refractivity (Wildman–Crippen MR) is 60.1 cm³/mol. The van der Waals surface area contributed by atoms with Crippen LogP contribution < -0.4 is 4.90 Å². The molecule has 0 radical (unpaired) electrons. The molecule has 2 aliphatic rings. The van der Waals surface area contributed by atoms with Crippen molar-refractivity contribution in [2.24, 2.45) is 0 Å². The highest BCUT2D eigenvalue weighted by Crippen LogP contribution is 2.44. The molecule has 0 aromatic heterocycles. The Bertz CT molecular complexity index is 385. The van der Waals surface area contributed by atoms with Gasteiger partial charge in [-0.1, -0.05) is 23.9 Å². The van der Waals surface area contributed by atoms with Gasteiger partial charge in [0.2, 0.25) is 0 Å². The SMILES string of the molecule is O[C@@H]1CCN2c3ccccc3S[C@H](O)[C@@H]12. The quantitative estimate of drug-likeness (QED) is 0.690. The highest BCUT2D eigenvalue weighted by molar-refractivity contribution is 8.00. The van der Waals surface area contributed by atoms with Crippen LogP contribution in [-0.2, 0) is 0 Å². The second kappa shape index (κ2) is 3.40. The second-order valence-corrected chi connectivity index (χ2v) is 5.17. The van der Waals surface area contributed by atoms with E-state index in [1.165, 1.54) is 11.8 Å². The normalized spacial score (nSPS) is 33.7. The van der Waals surface area contributed by atoms with Crippen LogP contribution in [0.2, 0.25) is 0 Å². The number of rotatable bonds is 0. The van der Waals surface area contributed by atoms with E-state index in [1.54, 1.807) is 0 Å². The van der Waals surface area contributed by atoms with Crippen molar-refractivity contribution in [3.8, 4) is 0 Å². The minimum absolute atomic E-state index is 0.134. The molecule has 0 saturated carbocycles. The molecule has 1 fully saturated rings. The Hall–Kier alpha value is -0.710. The summed E-state index contributed by atoms with van der Waals surface area (Å²) >= 11 is 1.45. The van der Waals surface area contributed by atoms with E-state index in [0.29, 0.717) is 0 Å². The summed E-state index contributed by atoms with van der Waals surface area (Å²) in [7, 11) is 0. The maximum atomic E-state index is 9.96. The Labute approximate surface area is 92.7 Å². The Morgan fingerprint density at radius 1 is 1.27 bits per heavy atom. The van der Waals surface area contributed by atoms with Crippen LogP contribution in [0.4, 0.5) is 5.69 Å². The van der Waals surface area contributed by atoms with E-state index in [-0.39, 0.29) is 6.04 Å². The van der Waals surface area contributed by atoms with E-state index in [1.807, 2.05) is 18.2 Å². The summed E-state index contributed by atoms with van der Waals surface area (Å²) in [6, 6.07) is 7.91. The van der Waals surface area contributed by atoms with Crippen LogP contribution in [0.15, 0.2) is 29.2 Å². The molecule has 1 aromatic carbocycles. The number of para-hydroxylation sites is 1. The van der Waals surface area contributed by atoms with Gasteiger partial charge in [0.25, 0.3) is 0 Å². The lowest BCUT2D eigenvalue weighted by Crippen LogP contribution is -2.45. The van der Waals surface area contributed by atoms with E-state index in [0.717, 1.165) is 23.5 Å². The molecule has 0 spiro atoms. The standard InChI is InChI=1S/C11H13NO2S/c13-8-5-6-12-7-3-1-2-4-9(7)15-11(14)10(8)12/h1-4,8,10-11,13-14H,5-6H2/t8-,10-,11+/m1/s1. The molecule has 4 heteroatoms. The first-order chi connectivity index (χ1) is 7.27. The van der Waals surface area contributed by atoms with Crippen LogP contribution >= 0.6 is 11.8 Å². The fourth-order valence-corrected chi connectivity index (χ4v) is 3.61. The van der Waals surface area contributed by atoms with Crippen molar-refractivity contribution in [1.82, 2.24) is 0 Å². The third-order valence-corrected chi connectivity index (χ3v) is 4.25. The van der Waals surface area contributed by atoms with Gasteiger partial charge in [0.1, 0.15) is 5.44 Å². The molecular weight excluding hydrogens is 210 g/mol. The molecule has 0 bridgehead atoms. The van der Waals surface area contributed by atoms with Gasteiger partial charge in [-0.2, -0.15) is 0 Å². The highest BCUT2D eigenvalue weighted by Gasteiger charge is 2.42. The molecule has 80 valence electrons. The number of fused-ring (bicyclic) bond motifs is 3. The molecule has 1 saturated heterocycles. The molecule has 2 heterocycles. The Morgan fingerprint density at radius 2 is 2.07 bits per heavy atom. The molecule has 2 aliphatic heterocycles. The van der Waals surface area contributed by atoms with Crippen LogP contribution in [0.1, 0.15) is 6.42 Å². The van der Waals surface area contributed by atoms with Crippen LogP contribution in [-0.4, -0.2) is 34.3 Å². The maximum absolute atomic E-state index is 9.96. The van der Waals surface area contributed by atoms with Crippen molar-refractivity contribution in [3.05, 3.63) is 24.3 Å². The Kier molecular flexibility index (Phi) is 2.16. The number of thioether (sulfide) groups is 1. The molecule has 15 heavy (non-hydrogen) atoms. The lowest BCUT2D eigenvalue weighted by atomic mass is 10.1. The number of hydrogen-bond donors (Lipinski definition) is 2. The molecule has 3 nitrogen and oxygen atoms in total. The largest absolute Gasteiger partial charge is 0.391 e. The first-order valence-electron chi connectivity index (χ1n) is 5.16. The number of benzene rings is 1. The smallest absolute Gasteiger partial charge is 0.127 e. The predicted octanol–water partition coefficient (Wildman–Crippen LogP) is 1.05. The van der Waals surface area contributed by atoms with Crippen LogP contribution in [0.5, 0.6) is 0 Å². The lowest BCUT2D eigenvalue weighted by molar-refractivity contribution is 0.113. The monoisotopic (exact) mass is 223 g/mol. The van der Waals surface area contributed by atoms with E-state index in [9.17, 15) is 10.2 Å².